The van der Waals surface area contributed by atoms with Gasteiger partial charge >= 0.3 is 6.09 Å². The lowest BCUT2D eigenvalue weighted by molar-refractivity contribution is -0.930. The summed E-state index contributed by atoms with van der Waals surface area (Å²) in [6.45, 7) is 8.59. The number of piperidine rings is 1. The number of para-hydroxylation sites is 1. The molecule has 3 heteroatoms. The number of hydrogen-bond acceptors (Lipinski definition) is 2. The SMILES string of the molecule is CC1(C)CCCC(C)(C)[NH+]1C(=O)Oc1ccccc1. The molecule has 0 aromatic heterocycles. The Bertz CT molecular complexity index is 435. The molecule has 1 saturated heterocycles. The van der Waals surface area contributed by atoms with E-state index < -0.39 is 0 Å². The molecule has 2 rings (SSSR count). The number of nitrogens with one attached hydrogen (secondary N) is 1. The zero-order valence-electron chi connectivity index (χ0n) is 12.3. The van der Waals surface area contributed by atoms with Gasteiger partial charge in [-0.3, -0.25) is 0 Å². The second kappa shape index (κ2) is 4.97. The first-order valence-corrected chi connectivity index (χ1v) is 6.98. The number of carbonyl (C=O) groups is 1. The Hall–Kier alpha value is -1.35. The maximum atomic E-state index is 12.5. The average molecular weight is 262 g/mol. The summed E-state index contributed by atoms with van der Waals surface area (Å²) >= 11 is 0. The average Bonchev–Trinajstić information content (AvgIpc) is 2.27. The van der Waals surface area contributed by atoms with Crippen molar-refractivity contribution in [1.29, 1.82) is 0 Å². The van der Waals surface area contributed by atoms with E-state index in [1.54, 1.807) is 0 Å². The van der Waals surface area contributed by atoms with Gasteiger partial charge in [-0.25, -0.2) is 4.90 Å². The zero-order chi connectivity index (χ0) is 14.1. The molecule has 104 valence electrons. The van der Waals surface area contributed by atoms with Gasteiger partial charge in [0, 0.05) is 12.8 Å². The van der Waals surface area contributed by atoms with Crippen LogP contribution in [0, 0.1) is 0 Å². The molecule has 1 N–H and O–H groups in total. The van der Waals surface area contributed by atoms with Gasteiger partial charge in [-0.05, 0) is 46.2 Å². The molecule has 0 spiro atoms. The van der Waals surface area contributed by atoms with E-state index in [1.807, 2.05) is 30.3 Å². The number of hydrogen-bond donors (Lipinski definition) is 1. The lowest BCUT2D eigenvalue weighted by atomic mass is 9.80. The predicted molar refractivity (Wildman–Crippen MR) is 75.4 cm³/mol. The number of benzene rings is 1. The van der Waals surface area contributed by atoms with E-state index >= 15 is 0 Å². The van der Waals surface area contributed by atoms with Crippen molar-refractivity contribution in [3.63, 3.8) is 0 Å². The van der Waals surface area contributed by atoms with E-state index in [2.05, 4.69) is 27.7 Å². The number of likely N-dealkylation sites (tertiary alicyclic amines) is 1. The molecule has 0 unspecified atom stereocenters. The molecule has 0 saturated carbocycles. The van der Waals surface area contributed by atoms with Gasteiger partial charge in [0.2, 0.25) is 0 Å². The minimum atomic E-state index is -0.166. The molecule has 1 amide bonds. The van der Waals surface area contributed by atoms with Crippen molar-refractivity contribution >= 4 is 6.09 Å². The Morgan fingerprint density at radius 1 is 1.05 bits per heavy atom. The summed E-state index contributed by atoms with van der Waals surface area (Å²) in [5, 5.41) is 0. The predicted octanol–water partition coefficient (Wildman–Crippen LogP) is 2.81. The van der Waals surface area contributed by atoms with E-state index in [4.69, 9.17) is 4.74 Å². The fraction of sp³-hybridized carbons (Fsp3) is 0.562. The Balaban J connectivity index is 2.20. The summed E-state index contributed by atoms with van der Waals surface area (Å²) in [7, 11) is 0. The second-order valence-corrected chi connectivity index (χ2v) is 6.70. The first kappa shape index (κ1) is 14.1. The molecule has 0 bridgehead atoms. The van der Waals surface area contributed by atoms with E-state index in [-0.39, 0.29) is 17.2 Å². The Labute approximate surface area is 115 Å². The first-order valence-electron chi connectivity index (χ1n) is 6.98. The van der Waals surface area contributed by atoms with Crippen molar-refractivity contribution in [1.82, 2.24) is 0 Å². The van der Waals surface area contributed by atoms with Crippen molar-refractivity contribution < 1.29 is 14.4 Å². The van der Waals surface area contributed by atoms with Gasteiger partial charge in [0.25, 0.3) is 0 Å². The highest BCUT2D eigenvalue weighted by molar-refractivity contribution is 5.62. The van der Waals surface area contributed by atoms with Gasteiger partial charge in [-0.1, -0.05) is 18.2 Å². The van der Waals surface area contributed by atoms with Crippen molar-refractivity contribution in [2.24, 2.45) is 0 Å². The van der Waals surface area contributed by atoms with E-state index in [0.29, 0.717) is 5.75 Å². The Kier molecular flexibility index (Phi) is 3.68. The standard InChI is InChI=1S/C16H23NO2/c1-15(2)11-8-12-16(3,4)17(15)14(18)19-13-9-6-5-7-10-13/h5-7,9-10H,8,11-12H2,1-4H3/p+1. The third kappa shape index (κ3) is 2.98. The number of amides is 1. The molecule has 1 aliphatic heterocycles. The molecule has 1 aromatic rings. The van der Waals surface area contributed by atoms with Crippen LogP contribution >= 0.6 is 0 Å². The van der Waals surface area contributed by atoms with Gasteiger partial charge < -0.3 is 4.74 Å². The van der Waals surface area contributed by atoms with Crippen molar-refractivity contribution in [3.05, 3.63) is 30.3 Å². The van der Waals surface area contributed by atoms with Crippen LogP contribution in [0.1, 0.15) is 47.0 Å². The quantitative estimate of drug-likeness (QED) is 0.843. The lowest BCUT2D eigenvalue weighted by Gasteiger charge is -2.46. The van der Waals surface area contributed by atoms with Crippen LogP contribution in [0.3, 0.4) is 0 Å². The molecular formula is C16H24NO2+. The lowest BCUT2D eigenvalue weighted by Crippen LogP contribution is -3.28. The summed E-state index contributed by atoms with van der Waals surface area (Å²) < 4.78 is 5.55. The molecule has 0 radical (unpaired) electrons. The highest BCUT2D eigenvalue weighted by atomic mass is 16.6. The van der Waals surface area contributed by atoms with E-state index in [9.17, 15) is 4.79 Å². The minimum Gasteiger partial charge on any atom is -0.381 e. The normalized spacial score (nSPS) is 21.9. The van der Waals surface area contributed by atoms with Crippen LogP contribution in [0.2, 0.25) is 0 Å². The number of ether oxygens (including phenoxy) is 1. The van der Waals surface area contributed by atoms with Gasteiger partial charge in [0.05, 0.1) is 0 Å². The van der Waals surface area contributed by atoms with Crippen LogP contribution in [0.15, 0.2) is 30.3 Å². The second-order valence-electron chi connectivity index (χ2n) is 6.70. The fourth-order valence-electron chi connectivity index (χ4n) is 3.34. The largest absolute Gasteiger partial charge is 0.520 e. The van der Waals surface area contributed by atoms with Crippen LogP contribution in [0.4, 0.5) is 4.79 Å². The van der Waals surface area contributed by atoms with E-state index in [0.717, 1.165) is 17.7 Å². The van der Waals surface area contributed by atoms with Gasteiger partial charge in [0.15, 0.2) is 0 Å². The molecule has 1 fully saturated rings. The maximum absolute atomic E-state index is 12.5. The molecule has 1 heterocycles. The molecular weight excluding hydrogens is 238 g/mol. The summed E-state index contributed by atoms with van der Waals surface area (Å²) in [6.07, 6.45) is 3.11. The molecule has 0 aliphatic carbocycles. The smallest absolute Gasteiger partial charge is 0.381 e. The summed E-state index contributed by atoms with van der Waals surface area (Å²) in [4.78, 5) is 13.5. The topological polar surface area (TPSA) is 30.7 Å². The monoisotopic (exact) mass is 262 g/mol. The highest BCUT2D eigenvalue weighted by Crippen LogP contribution is 2.23. The molecule has 1 aliphatic rings. The summed E-state index contributed by atoms with van der Waals surface area (Å²) in [6, 6.07) is 9.32. The highest BCUT2D eigenvalue weighted by Gasteiger charge is 2.50. The molecule has 19 heavy (non-hydrogen) atoms. The van der Waals surface area contributed by atoms with Crippen molar-refractivity contribution in [2.45, 2.75) is 58.0 Å². The van der Waals surface area contributed by atoms with Crippen molar-refractivity contribution in [2.75, 3.05) is 0 Å². The Morgan fingerprint density at radius 3 is 2.11 bits per heavy atom. The molecule has 3 nitrogen and oxygen atoms in total. The summed E-state index contributed by atoms with van der Waals surface area (Å²) in [5.74, 6) is 0.622. The fourth-order valence-corrected chi connectivity index (χ4v) is 3.34. The van der Waals surface area contributed by atoms with Crippen LogP contribution in [-0.2, 0) is 0 Å². The van der Waals surface area contributed by atoms with Crippen LogP contribution in [-0.4, -0.2) is 17.2 Å². The maximum Gasteiger partial charge on any atom is 0.520 e. The van der Waals surface area contributed by atoms with Crippen LogP contribution in [0.5, 0.6) is 5.75 Å². The molecule has 0 atom stereocenters. The summed E-state index contributed by atoms with van der Waals surface area (Å²) in [5.41, 5.74) is -0.152. The van der Waals surface area contributed by atoms with Crippen LogP contribution in [0.25, 0.3) is 0 Å². The first-order chi connectivity index (χ1) is 8.83. The van der Waals surface area contributed by atoms with E-state index in [1.165, 1.54) is 6.42 Å². The third-order valence-electron chi connectivity index (χ3n) is 4.11. The minimum absolute atomic E-state index is 0.0758. The number of carbonyl (C=O) groups excluding carboxylic acids is 1. The van der Waals surface area contributed by atoms with Gasteiger partial charge in [0.1, 0.15) is 16.8 Å². The van der Waals surface area contributed by atoms with Crippen LogP contribution < -0.4 is 9.64 Å². The van der Waals surface area contributed by atoms with Crippen molar-refractivity contribution in [3.8, 4) is 5.75 Å². The number of rotatable bonds is 1. The molecule has 1 aromatic carbocycles. The number of quaternary nitrogens is 1. The third-order valence-corrected chi connectivity index (χ3v) is 4.11. The van der Waals surface area contributed by atoms with Gasteiger partial charge in [-0.2, -0.15) is 4.79 Å². The Morgan fingerprint density at radius 2 is 1.58 bits per heavy atom. The van der Waals surface area contributed by atoms with Gasteiger partial charge in [-0.15, -0.1) is 0 Å². The zero-order valence-corrected chi connectivity index (χ0v) is 12.3.